The van der Waals surface area contributed by atoms with Crippen molar-refractivity contribution in [3.63, 3.8) is 0 Å². The molecule has 5 nitrogen and oxygen atoms in total. The third-order valence-corrected chi connectivity index (χ3v) is 2.32. The Morgan fingerprint density at radius 3 is 2.87 bits per heavy atom. The maximum Gasteiger partial charge on any atom is 0.310 e. The number of fused-ring (bicyclic) bond motifs is 1. The van der Waals surface area contributed by atoms with Crippen LogP contribution < -0.4 is 9.47 Å². The van der Waals surface area contributed by atoms with E-state index in [-0.39, 0.29) is 12.5 Å². The van der Waals surface area contributed by atoms with E-state index in [0.29, 0.717) is 17.1 Å². The maximum atomic E-state index is 10.8. The Labute approximate surface area is 85.9 Å². The van der Waals surface area contributed by atoms with Crippen molar-refractivity contribution < 1.29 is 24.5 Å². The number of carbonyl (C=O) groups is 1. The zero-order chi connectivity index (χ0) is 11.0. The summed E-state index contributed by atoms with van der Waals surface area (Å²) in [5.41, 5.74) is 0.426. The van der Waals surface area contributed by atoms with Crippen LogP contribution in [-0.4, -0.2) is 23.0 Å². The summed E-state index contributed by atoms with van der Waals surface area (Å²) in [5.74, 6) is -0.950. The first-order chi connectivity index (χ1) is 7.09. The monoisotopic (exact) mass is 210 g/mol. The Bertz CT molecular complexity index is 413. The molecule has 1 aliphatic heterocycles. The van der Waals surface area contributed by atoms with Gasteiger partial charge in [-0.1, -0.05) is 0 Å². The van der Waals surface area contributed by atoms with E-state index in [1.807, 2.05) is 0 Å². The third-order valence-electron chi connectivity index (χ3n) is 2.32. The number of hydrogen-bond donors (Lipinski definition) is 2. The number of benzene rings is 1. The van der Waals surface area contributed by atoms with Crippen LogP contribution in [0.5, 0.6) is 17.2 Å². The molecule has 0 radical (unpaired) electrons. The number of carboxylic acid groups (broad SMARTS) is 1. The first kappa shape index (κ1) is 9.64. The van der Waals surface area contributed by atoms with Gasteiger partial charge in [-0.2, -0.15) is 0 Å². The van der Waals surface area contributed by atoms with Gasteiger partial charge in [-0.15, -0.1) is 0 Å². The molecule has 0 saturated carbocycles. The topological polar surface area (TPSA) is 76.0 Å². The Hall–Kier alpha value is -1.91. The lowest BCUT2D eigenvalue weighted by Gasteiger charge is -2.10. The molecule has 2 rings (SSSR count). The third kappa shape index (κ3) is 1.56. The molecule has 0 amide bonds. The molecule has 0 aliphatic carbocycles. The summed E-state index contributed by atoms with van der Waals surface area (Å²) in [4.78, 5) is 10.8. The van der Waals surface area contributed by atoms with Crippen molar-refractivity contribution in [2.45, 2.75) is 12.8 Å². The van der Waals surface area contributed by atoms with Crippen molar-refractivity contribution >= 4 is 5.97 Å². The second kappa shape index (κ2) is 3.34. The Kier molecular flexibility index (Phi) is 2.15. The number of hydrogen-bond acceptors (Lipinski definition) is 4. The molecule has 0 fully saturated rings. The SMILES string of the molecule is CC(C(=O)O)c1cc(O)cc2c1OCO2. The molecule has 0 saturated heterocycles. The van der Waals surface area contributed by atoms with Gasteiger partial charge in [0.15, 0.2) is 11.5 Å². The summed E-state index contributed by atoms with van der Waals surface area (Å²) in [6.45, 7) is 1.58. The normalized spacial score (nSPS) is 15.0. The number of carboxylic acids is 1. The molecule has 1 aromatic carbocycles. The van der Waals surface area contributed by atoms with E-state index in [1.165, 1.54) is 19.1 Å². The van der Waals surface area contributed by atoms with E-state index < -0.39 is 11.9 Å². The summed E-state index contributed by atoms with van der Waals surface area (Å²) in [6, 6.07) is 2.78. The van der Waals surface area contributed by atoms with E-state index in [9.17, 15) is 9.90 Å². The first-order valence-electron chi connectivity index (χ1n) is 4.45. The Morgan fingerprint density at radius 1 is 1.47 bits per heavy atom. The number of ether oxygens (including phenoxy) is 2. The van der Waals surface area contributed by atoms with Crippen LogP contribution in [0.3, 0.4) is 0 Å². The zero-order valence-electron chi connectivity index (χ0n) is 8.06. The molecule has 2 N–H and O–H groups in total. The molecule has 80 valence electrons. The summed E-state index contributed by atoms with van der Waals surface area (Å²) in [5, 5.41) is 18.3. The van der Waals surface area contributed by atoms with Gasteiger partial charge >= 0.3 is 5.97 Å². The second-order valence-electron chi connectivity index (χ2n) is 3.33. The Morgan fingerprint density at radius 2 is 2.20 bits per heavy atom. The number of phenolic OH excluding ortho intramolecular Hbond substituents is 1. The lowest BCUT2D eigenvalue weighted by Crippen LogP contribution is -2.08. The molecule has 15 heavy (non-hydrogen) atoms. The fourth-order valence-corrected chi connectivity index (χ4v) is 1.48. The van der Waals surface area contributed by atoms with E-state index in [4.69, 9.17) is 14.6 Å². The van der Waals surface area contributed by atoms with Gasteiger partial charge in [0.25, 0.3) is 0 Å². The van der Waals surface area contributed by atoms with E-state index in [1.54, 1.807) is 0 Å². The lowest BCUT2D eigenvalue weighted by molar-refractivity contribution is -0.138. The molecule has 1 aliphatic rings. The molecule has 5 heteroatoms. The predicted octanol–water partition coefficient (Wildman–Crippen LogP) is 1.31. The number of aliphatic carboxylic acids is 1. The minimum absolute atomic E-state index is 0.0256. The molecule has 1 unspecified atom stereocenters. The average Bonchev–Trinajstić information content (AvgIpc) is 2.62. The van der Waals surface area contributed by atoms with Crippen molar-refractivity contribution in [1.29, 1.82) is 0 Å². The summed E-state index contributed by atoms with van der Waals surface area (Å²) in [6.07, 6.45) is 0. The zero-order valence-corrected chi connectivity index (χ0v) is 8.06. The summed E-state index contributed by atoms with van der Waals surface area (Å²) >= 11 is 0. The van der Waals surface area contributed by atoms with Crippen molar-refractivity contribution in [3.8, 4) is 17.2 Å². The van der Waals surface area contributed by atoms with Gasteiger partial charge in [0, 0.05) is 11.6 Å². The van der Waals surface area contributed by atoms with E-state index in [0.717, 1.165) is 0 Å². The van der Waals surface area contributed by atoms with Crippen LogP contribution in [0.15, 0.2) is 12.1 Å². The van der Waals surface area contributed by atoms with Crippen LogP contribution in [0.1, 0.15) is 18.4 Å². The van der Waals surface area contributed by atoms with Crippen molar-refractivity contribution in [2.24, 2.45) is 0 Å². The number of aromatic hydroxyl groups is 1. The van der Waals surface area contributed by atoms with Crippen LogP contribution in [-0.2, 0) is 4.79 Å². The van der Waals surface area contributed by atoms with Gasteiger partial charge in [0.05, 0.1) is 5.92 Å². The maximum absolute atomic E-state index is 10.8. The number of rotatable bonds is 2. The molecular formula is C10H10O5. The Balaban J connectivity index is 2.51. The van der Waals surface area contributed by atoms with Crippen LogP contribution in [0, 0.1) is 0 Å². The first-order valence-corrected chi connectivity index (χ1v) is 4.45. The highest BCUT2D eigenvalue weighted by Crippen LogP contribution is 2.42. The van der Waals surface area contributed by atoms with Crippen molar-refractivity contribution in [3.05, 3.63) is 17.7 Å². The average molecular weight is 210 g/mol. The predicted molar refractivity (Wildman–Crippen MR) is 50.3 cm³/mol. The van der Waals surface area contributed by atoms with Crippen molar-refractivity contribution in [2.75, 3.05) is 6.79 Å². The highest BCUT2D eigenvalue weighted by molar-refractivity contribution is 5.78. The summed E-state index contributed by atoms with van der Waals surface area (Å²) in [7, 11) is 0. The minimum Gasteiger partial charge on any atom is -0.508 e. The van der Waals surface area contributed by atoms with Gasteiger partial charge in [-0.3, -0.25) is 4.79 Å². The van der Waals surface area contributed by atoms with Gasteiger partial charge < -0.3 is 19.7 Å². The van der Waals surface area contributed by atoms with Crippen LogP contribution >= 0.6 is 0 Å². The molecule has 0 spiro atoms. The fourth-order valence-electron chi connectivity index (χ4n) is 1.48. The summed E-state index contributed by atoms with van der Waals surface area (Å²) < 4.78 is 10.2. The number of phenols is 1. The van der Waals surface area contributed by atoms with Crippen LogP contribution in [0.2, 0.25) is 0 Å². The van der Waals surface area contributed by atoms with Gasteiger partial charge in [0.1, 0.15) is 5.75 Å². The smallest absolute Gasteiger partial charge is 0.310 e. The molecule has 0 aromatic heterocycles. The quantitative estimate of drug-likeness (QED) is 0.769. The van der Waals surface area contributed by atoms with Gasteiger partial charge in [0.2, 0.25) is 6.79 Å². The standard InChI is InChI=1S/C10H10O5/c1-5(10(12)13)7-2-6(11)3-8-9(7)15-4-14-8/h2-3,5,11H,4H2,1H3,(H,12,13). The van der Waals surface area contributed by atoms with E-state index >= 15 is 0 Å². The molecule has 1 atom stereocenters. The fraction of sp³-hybridized carbons (Fsp3) is 0.300. The molecule has 0 bridgehead atoms. The highest BCUT2D eigenvalue weighted by Gasteiger charge is 2.25. The highest BCUT2D eigenvalue weighted by atomic mass is 16.7. The van der Waals surface area contributed by atoms with Crippen LogP contribution in [0.25, 0.3) is 0 Å². The lowest BCUT2D eigenvalue weighted by atomic mass is 9.99. The van der Waals surface area contributed by atoms with Gasteiger partial charge in [-0.25, -0.2) is 0 Å². The van der Waals surface area contributed by atoms with Crippen molar-refractivity contribution in [1.82, 2.24) is 0 Å². The molecular weight excluding hydrogens is 200 g/mol. The minimum atomic E-state index is -0.974. The molecule has 1 aromatic rings. The van der Waals surface area contributed by atoms with Crippen LogP contribution in [0.4, 0.5) is 0 Å². The van der Waals surface area contributed by atoms with Gasteiger partial charge in [-0.05, 0) is 13.0 Å². The second-order valence-corrected chi connectivity index (χ2v) is 3.33. The molecule has 1 heterocycles. The largest absolute Gasteiger partial charge is 0.508 e. The van der Waals surface area contributed by atoms with E-state index in [2.05, 4.69) is 0 Å².